The molecule has 11 aromatic carbocycles. The Morgan fingerprint density at radius 3 is 1.50 bits per heavy atom. The molecule has 0 saturated carbocycles. The van der Waals surface area contributed by atoms with Gasteiger partial charge in [-0.3, -0.25) is 0 Å². The van der Waals surface area contributed by atoms with Crippen LogP contribution in [0.15, 0.2) is 261 Å². The maximum absolute atomic E-state index is 2.48. The van der Waals surface area contributed by atoms with Gasteiger partial charge in [0.25, 0.3) is 0 Å². The third kappa shape index (κ3) is 6.08. The second-order valence-corrected chi connectivity index (χ2v) is 16.8. The molecule has 0 aliphatic heterocycles. The van der Waals surface area contributed by atoms with Crippen LogP contribution in [0.3, 0.4) is 0 Å². The molecule has 0 fully saturated rings. The highest BCUT2D eigenvalue weighted by Gasteiger charge is 2.46. The molecule has 0 radical (unpaired) electrons. The lowest BCUT2D eigenvalue weighted by molar-refractivity contribution is 0.768. The Morgan fingerprint density at radius 2 is 0.797 bits per heavy atom. The van der Waals surface area contributed by atoms with Crippen LogP contribution in [0.2, 0.25) is 0 Å². The molecule has 1 nitrogen and oxygen atoms in total. The van der Waals surface area contributed by atoms with Crippen LogP contribution in [0, 0.1) is 0 Å². The van der Waals surface area contributed by atoms with E-state index in [4.69, 9.17) is 0 Å². The topological polar surface area (TPSA) is 3.24 Å². The van der Waals surface area contributed by atoms with E-state index in [1.54, 1.807) is 0 Å². The summed E-state index contributed by atoms with van der Waals surface area (Å²) in [7, 11) is 0. The Balaban J connectivity index is 1.09. The highest BCUT2D eigenvalue weighted by Crippen LogP contribution is 2.57. The summed E-state index contributed by atoms with van der Waals surface area (Å²) in [4.78, 5) is 2.48. The number of nitrogens with zero attached hydrogens (tertiary/aromatic N) is 1. The van der Waals surface area contributed by atoms with Crippen LogP contribution >= 0.6 is 0 Å². The Labute approximate surface area is 374 Å². The number of hydrogen-bond donors (Lipinski definition) is 0. The first-order valence-corrected chi connectivity index (χ1v) is 22.2. The van der Waals surface area contributed by atoms with Crippen LogP contribution < -0.4 is 4.90 Å². The quantitative estimate of drug-likeness (QED) is 0.138. The van der Waals surface area contributed by atoms with Crippen molar-refractivity contribution in [3.63, 3.8) is 0 Å². The van der Waals surface area contributed by atoms with Gasteiger partial charge in [-0.25, -0.2) is 0 Å². The van der Waals surface area contributed by atoms with E-state index in [0.29, 0.717) is 0 Å². The maximum atomic E-state index is 2.48. The molecule has 0 spiro atoms. The molecule has 0 amide bonds. The van der Waals surface area contributed by atoms with Gasteiger partial charge in [0.1, 0.15) is 0 Å². The monoisotopic (exact) mass is 813 g/mol. The SMILES string of the molecule is c1ccc(-c2ccc(-c3ccccc3)c(-c3ccc(N(c4cccc(C5(c6ccccc6)c6ccccc6-c6ccccc65)c4)c4cc5ccccc5c5ccccc45)cc3)c2)cc1. The van der Waals surface area contributed by atoms with Gasteiger partial charge in [-0.2, -0.15) is 0 Å². The van der Waals surface area contributed by atoms with E-state index in [9.17, 15) is 0 Å². The second-order valence-electron chi connectivity index (χ2n) is 16.8. The van der Waals surface area contributed by atoms with Gasteiger partial charge >= 0.3 is 0 Å². The number of anilines is 3. The van der Waals surface area contributed by atoms with Crippen LogP contribution in [0.5, 0.6) is 0 Å². The molecule has 0 N–H and O–H groups in total. The normalized spacial score (nSPS) is 12.5. The van der Waals surface area contributed by atoms with E-state index < -0.39 is 5.41 Å². The van der Waals surface area contributed by atoms with Crippen molar-refractivity contribution in [1.82, 2.24) is 0 Å². The Bertz CT molecular complexity index is 3430. The van der Waals surface area contributed by atoms with E-state index >= 15 is 0 Å². The minimum Gasteiger partial charge on any atom is -0.310 e. The molecule has 64 heavy (non-hydrogen) atoms. The summed E-state index contributed by atoms with van der Waals surface area (Å²) in [5.74, 6) is 0. The fourth-order valence-electron chi connectivity index (χ4n) is 10.5. The van der Waals surface area contributed by atoms with Gasteiger partial charge in [0.05, 0.1) is 11.1 Å². The van der Waals surface area contributed by atoms with Crippen molar-refractivity contribution in [2.75, 3.05) is 4.90 Å². The van der Waals surface area contributed by atoms with Crippen LogP contribution in [0.25, 0.3) is 66.1 Å². The van der Waals surface area contributed by atoms with Crippen molar-refractivity contribution in [3.05, 3.63) is 283 Å². The van der Waals surface area contributed by atoms with Crippen LogP contribution in [-0.4, -0.2) is 0 Å². The molecular weight excluding hydrogens is 771 g/mol. The smallest absolute Gasteiger partial charge is 0.0714 e. The zero-order valence-electron chi connectivity index (χ0n) is 35.3. The zero-order chi connectivity index (χ0) is 42.5. The Kier molecular flexibility index (Phi) is 9.13. The largest absolute Gasteiger partial charge is 0.310 e. The molecule has 0 atom stereocenters. The molecule has 11 aromatic rings. The van der Waals surface area contributed by atoms with Crippen molar-refractivity contribution < 1.29 is 0 Å². The van der Waals surface area contributed by atoms with Gasteiger partial charge in [-0.05, 0) is 119 Å². The summed E-state index contributed by atoms with van der Waals surface area (Å²) < 4.78 is 0. The lowest BCUT2D eigenvalue weighted by atomic mass is 9.67. The number of fused-ring (bicyclic) bond motifs is 6. The van der Waals surface area contributed by atoms with Gasteiger partial charge in [-0.15, -0.1) is 0 Å². The molecule has 0 unspecified atom stereocenters. The first-order chi connectivity index (χ1) is 31.8. The van der Waals surface area contributed by atoms with Crippen LogP contribution in [-0.2, 0) is 5.41 Å². The van der Waals surface area contributed by atoms with E-state index in [2.05, 4.69) is 266 Å². The number of rotatable bonds is 8. The molecular formula is C63H43N. The molecule has 1 aliphatic carbocycles. The number of benzene rings is 11. The summed E-state index contributed by atoms with van der Waals surface area (Å²) in [5, 5.41) is 4.89. The van der Waals surface area contributed by atoms with Gasteiger partial charge in [-0.1, -0.05) is 224 Å². The second kappa shape index (κ2) is 15.6. The van der Waals surface area contributed by atoms with E-state index in [-0.39, 0.29) is 0 Å². The van der Waals surface area contributed by atoms with Gasteiger partial charge < -0.3 is 4.90 Å². The molecule has 1 heteroatoms. The number of hydrogen-bond acceptors (Lipinski definition) is 1. The predicted octanol–water partition coefficient (Wildman–Crippen LogP) is 16.8. The van der Waals surface area contributed by atoms with Crippen molar-refractivity contribution in [2.24, 2.45) is 0 Å². The first-order valence-electron chi connectivity index (χ1n) is 22.2. The maximum Gasteiger partial charge on any atom is 0.0714 e. The zero-order valence-corrected chi connectivity index (χ0v) is 35.3. The van der Waals surface area contributed by atoms with Crippen molar-refractivity contribution in [2.45, 2.75) is 5.41 Å². The molecule has 300 valence electrons. The molecule has 0 aromatic heterocycles. The fourth-order valence-corrected chi connectivity index (χ4v) is 10.5. The average molecular weight is 814 g/mol. The van der Waals surface area contributed by atoms with Crippen LogP contribution in [0.1, 0.15) is 22.3 Å². The minimum absolute atomic E-state index is 0.525. The minimum atomic E-state index is -0.525. The van der Waals surface area contributed by atoms with Crippen molar-refractivity contribution in [1.29, 1.82) is 0 Å². The first kappa shape index (κ1) is 37.5. The standard InChI is InChI=1S/C63H43N/c1-4-19-44(20-5-1)47-37-40-54(45-21-6-2-7-22-45)59(41-47)46-35-38-51(39-36-46)64(62-42-48-23-10-11-28-53(48)55-29-12-13-32-58(55)62)52-27-18-26-50(43-52)63(49-24-8-3-9-25-49)60-33-16-14-30-56(60)57-31-15-17-34-61(57)63/h1-43H. The molecule has 1 aliphatic rings. The molecule has 0 saturated heterocycles. The Morgan fingerprint density at radius 1 is 0.266 bits per heavy atom. The highest BCUT2D eigenvalue weighted by molar-refractivity contribution is 6.14. The third-order valence-corrected chi connectivity index (χ3v) is 13.3. The van der Waals surface area contributed by atoms with E-state index in [1.807, 2.05) is 0 Å². The summed E-state index contributed by atoms with van der Waals surface area (Å²) in [6.45, 7) is 0. The van der Waals surface area contributed by atoms with Gasteiger partial charge in [0.15, 0.2) is 0 Å². The third-order valence-electron chi connectivity index (χ3n) is 13.3. The van der Waals surface area contributed by atoms with E-state index in [0.717, 1.165) is 17.1 Å². The summed E-state index contributed by atoms with van der Waals surface area (Å²) in [6, 6.07) is 95.9. The van der Waals surface area contributed by atoms with E-state index in [1.165, 1.54) is 88.3 Å². The average Bonchev–Trinajstić information content (AvgIpc) is 3.68. The van der Waals surface area contributed by atoms with Gasteiger partial charge in [0, 0.05) is 16.8 Å². The van der Waals surface area contributed by atoms with Gasteiger partial charge in [0.2, 0.25) is 0 Å². The predicted molar refractivity (Wildman–Crippen MR) is 270 cm³/mol. The molecule has 0 bridgehead atoms. The summed E-state index contributed by atoms with van der Waals surface area (Å²) in [5.41, 5.74) is 17.6. The molecule has 12 rings (SSSR count). The molecule has 0 heterocycles. The lowest BCUT2D eigenvalue weighted by Crippen LogP contribution is -2.28. The lowest BCUT2D eigenvalue weighted by Gasteiger charge is -2.35. The fraction of sp³-hybridized carbons (Fsp3) is 0.0159. The van der Waals surface area contributed by atoms with Crippen LogP contribution in [0.4, 0.5) is 17.1 Å². The highest BCUT2D eigenvalue weighted by atomic mass is 15.1. The Hall–Kier alpha value is -8.26. The summed E-state index contributed by atoms with van der Waals surface area (Å²) >= 11 is 0. The summed E-state index contributed by atoms with van der Waals surface area (Å²) in [6.07, 6.45) is 0. The van der Waals surface area contributed by atoms with Crippen molar-refractivity contribution >= 4 is 38.6 Å². The van der Waals surface area contributed by atoms with Crippen molar-refractivity contribution in [3.8, 4) is 44.5 Å².